The van der Waals surface area contributed by atoms with Crippen molar-refractivity contribution in [2.45, 2.75) is 46.1 Å². The summed E-state index contributed by atoms with van der Waals surface area (Å²) in [5.74, 6) is -1.31. The highest BCUT2D eigenvalue weighted by Crippen LogP contribution is 2.46. The number of pyridine rings is 1. The third-order valence-electron chi connectivity index (χ3n) is 7.68. The molecule has 5 heterocycles. The van der Waals surface area contributed by atoms with Gasteiger partial charge in [0.25, 0.3) is 0 Å². The Morgan fingerprint density at radius 2 is 2.02 bits per heavy atom. The maximum Gasteiger partial charge on any atom is 0.309 e. The monoisotopic (exact) mass is 620 g/mol. The van der Waals surface area contributed by atoms with E-state index in [9.17, 15) is 19.1 Å². The van der Waals surface area contributed by atoms with Gasteiger partial charge in [-0.15, -0.1) is 11.3 Å². The van der Waals surface area contributed by atoms with E-state index in [1.807, 2.05) is 0 Å². The molecule has 4 aromatic heterocycles. The summed E-state index contributed by atoms with van der Waals surface area (Å²) in [6.07, 6.45) is 1.73. The van der Waals surface area contributed by atoms with Crippen LogP contribution in [0.1, 0.15) is 48.3 Å². The van der Waals surface area contributed by atoms with E-state index in [1.54, 1.807) is 62.0 Å². The minimum Gasteiger partial charge on any atom is -0.481 e. The van der Waals surface area contributed by atoms with Crippen LogP contribution in [0.5, 0.6) is 0 Å². The number of nitrogen functional groups attached to an aromatic ring is 1. The molecule has 1 atom stereocenters. The summed E-state index contributed by atoms with van der Waals surface area (Å²) in [5.41, 5.74) is 6.77. The number of nitrogens with one attached hydrogen (secondary N) is 1. The number of aryl methyl sites for hydroxylation is 1. The standard InChI is InChI=1S/C29H26ClFN8O3S/c1-13-7-8-33-17(20(13)31)11-39-18-9-14(30)5-6-16(18)21(38-39)24-35-22(32)19-23(36-24)37-25(40)29(19,4)26-34-15(12-43-26)10-28(2,3)27(41)42/h5-9,12H,10-11H2,1-4H3,(H,41,42)(H3,32,35,36,37,40). The zero-order valence-corrected chi connectivity index (χ0v) is 25.1. The van der Waals surface area contributed by atoms with Crippen molar-refractivity contribution in [2.24, 2.45) is 5.41 Å². The molecule has 0 bridgehead atoms. The second kappa shape index (κ2) is 10.1. The number of fused-ring (bicyclic) bond motifs is 2. The molecule has 1 amide bonds. The van der Waals surface area contributed by atoms with E-state index in [1.165, 1.54) is 17.5 Å². The number of carboxylic acids is 1. The van der Waals surface area contributed by atoms with Crippen molar-refractivity contribution < 1.29 is 19.1 Å². The molecule has 0 radical (unpaired) electrons. The zero-order valence-electron chi connectivity index (χ0n) is 23.6. The number of nitrogens with zero attached hydrogens (tertiary/aromatic N) is 6. The predicted molar refractivity (Wildman–Crippen MR) is 161 cm³/mol. The van der Waals surface area contributed by atoms with Crippen molar-refractivity contribution in [1.82, 2.24) is 29.7 Å². The molecular formula is C29H26ClFN8O3S. The molecule has 1 aromatic carbocycles. The van der Waals surface area contributed by atoms with Gasteiger partial charge in [-0.05, 0) is 57.5 Å². The van der Waals surface area contributed by atoms with Crippen LogP contribution >= 0.6 is 22.9 Å². The Kier molecular flexibility index (Phi) is 6.69. The van der Waals surface area contributed by atoms with Crippen LogP contribution in [0.25, 0.3) is 22.4 Å². The molecule has 1 unspecified atom stereocenters. The second-order valence-electron chi connectivity index (χ2n) is 11.3. The zero-order chi connectivity index (χ0) is 30.8. The molecule has 6 rings (SSSR count). The fourth-order valence-corrected chi connectivity index (χ4v) is 6.30. The van der Waals surface area contributed by atoms with Crippen molar-refractivity contribution in [3.63, 3.8) is 0 Å². The van der Waals surface area contributed by atoms with Crippen molar-refractivity contribution in [2.75, 3.05) is 11.1 Å². The lowest BCUT2D eigenvalue weighted by atomic mass is 9.85. The van der Waals surface area contributed by atoms with Gasteiger partial charge in [-0.3, -0.25) is 19.3 Å². The molecule has 0 aliphatic carbocycles. The van der Waals surface area contributed by atoms with Crippen molar-refractivity contribution in [3.8, 4) is 11.5 Å². The van der Waals surface area contributed by atoms with E-state index in [0.29, 0.717) is 43.4 Å². The third-order valence-corrected chi connectivity index (χ3v) is 9.03. The highest BCUT2D eigenvalue weighted by Gasteiger charge is 2.50. The maximum atomic E-state index is 14.8. The lowest BCUT2D eigenvalue weighted by molar-refractivity contribution is -0.146. The highest BCUT2D eigenvalue weighted by molar-refractivity contribution is 7.10. The lowest BCUT2D eigenvalue weighted by Gasteiger charge is -2.20. The molecule has 0 saturated heterocycles. The normalized spacial score (nSPS) is 16.5. The molecule has 1 aliphatic rings. The van der Waals surface area contributed by atoms with E-state index in [-0.39, 0.29) is 42.0 Å². The Morgan fingerprint density at radius 1 is 1.26 bits per heavy atom. The molecule has 14 heteroatoms. The number of nitrogens with two attached hydrogens (primary N) is 1. The summed E-state index contributed by atoms with van der Waals surface area (Å²) < 4.78 is 16.4. The molecule has 11 nitrogen and oxygen atoms in total. The SMILES string of the molecule is Cc1ccnc(Cn2nc(-c3nc(N)c4c(n3)NC(=O)C4(C)c3nc(CC(C)(C)C(=O)O)cs3)c3ccc(Cl)cc32)c1F. The second-order valence-corrected chi connectivity index (χ2v) is 12.6. The number of amides is 1. The summed E-state index contributed by atoms with van der Waals surface area (Å²) in [6, 6.07) is 6.77. The number of aliphatic carboxylic acids is 1. The van der Waals surface area contributed by atoms with Crippen LogP contribution in [0.15, 0.2) is 35.8 Å². The maximum absolute atomic E-state index is 14.8. The topological polar surface area (TPSA) is 162 Å². The molecule has 0 saturated carbocycles. The Balaban J connectivity index is 1.42. The van der Waals surface area contributed by atoms with Gasteiger partial charge in [0, 0.05) is 28.4 Å². The largest absolute Gasteiger partial charge is 0.481 e. The number of benzene rings is 1. The Morgan fingerprint density at radius 3 is 2.77 bits per heavy atom. The average molecular weight is 621 g/mol. The van der Waals surface area contributed by atoms with Crippen molar-refractivity contribution in [3.05, 3.63) is 74.2 Å². The number of thiazole rings is 1. The number of aromatic nitrogens is 6. The molecule has 5 aromatic rings. The number of carbonyl (C=O) groups excluding carboxylic acids is 1. The van der Waals surface area contributed by atoms with Gasteiger partial charge in [0.05, 0.1) is 34.4 Å². The van der Waals surface area contributed by atoms with Gasteiger partial charge in [0.1, 0.15) is 33.6 Å². The number of carboxylic acid groups (broad SMARTS) is 1. The molecule has 1 aliphatic heterocycles. The Labute approximate surface area is 254 Å². The number of halogens is 2. The quantitative estimate of drug-likeness (QED) is 0.228. The molecule has 0 spiro atoms. The summed E-state index contributed by atoms with van der Waals surface area (Å²) in [6.45, 7) is 6.62. The van der Waals surface area contributed by atoms with Gasteiger partial charge in [0.2, 0.25) is 5.91 Å². The van der Waals surface area contributed by atoms with Crippen LogP contribution in [0.4, 0.5) is 16.0 Å². The number of hydrogen-bond donors (Lipinski definition) is 3. The molecular weight excluding hydrogens is 595 g/mol. The fraction of sp³-hybridized carbons (Fsp3) is 0.276. The first kappa shape index (κ1) is 28.6. The van der Waals surface area contributed by atoms with Gasteiger partial charge < -0.3 is 16.2 Å². The van der Waals surface area contributed by atoms with Crippen LogP contribution in [0.2, 0.25) is 5.02 Å². The summed E-state index contributed by atoms with van der Waals surface area (Å²) in [5, 5.41) is 20.3. The van der Waals surface area contributed by atoms with Gasteiger partial charge in [0.15, 0.2) is 5.82 Å². The van der Waals surface area contributed by atoms with E-state index < -0.39 is 22.6 Å². The molecule has 4 N–H and O–H groups in total. The van der Waals surface area contributed by atoms with E-state index >= 15 is 0 Å². The number of carbonyl (C=O) groups is 2. The van der Waals surface area contributed by atoms with Crippen molar-refractivity contribution in [1.29, 1.82) is 0 Å². The van der Waals surface area contributed by atoms with Gasteiger partial charge >= 0.3 is 5.97 Å². The van der Waals surface area contributed by atoms with Crippen LogP contribution < -0.4 is 11.1 Å². The number of rotatable bonds is 7. The minimum atomic E-state index is -1.29. The fourth-order valence-electron chi connectivity index (χ4n) is 5.15. The number of anilines is 2. The molecule has 43 heavy (non-hydrogen) atoms. The first-order valence-corrected chi connectivity index (χ1v) is 14.5. The Hall–Kier alpha value is -4.49. The summed E-state index contributed by atoms with van der Waals surface area (Å²) in [7, 11) is 0. The summed E-state index contributed by atoms with van der Waals surface area (Å²) in [4.78, 5) is 43.1. The van der Waals surface area contributed by atoms with Crippen LogP contribution in [-0.4, -0.2) is 46.7 Å². The third kappa shape index (κ3) is 4.68. The Bertz CT molecular complexity index is 1970. The molecule has 220 valence electrons. The highest BCUT2D eigenvalue weighted by atomic mass is 35.5. The first-order valence-electron chi connectivity index (χ1n) is 13.2. The van der Waals surface area contributed by atoms with Crippen molar-refractivity contribution >= 4 is 57.4 Å². The predicted octanol–water partition coefficient (Wildman–Crippen LogP) is 4.99. The lowest BCUT2D eigenvalue weighted by Crippen LogP contribution is -2.33. The van der Waals surface area contributed by atoms with Gasteiger partial charge in [-0.2, -0.15) is 5.10 Å². The van der Waals surface area contributed by atoms with E-state index in [4.69, 9.17) is 22.4 Å². The number of hydrogen-bond acceptors (Lipinski definition) is 9. The average Bonchev–Trinajstić information content (AvgIpc) is 3.61. The van der Waals surface area contributed by atoms with Crippen LogP contribution in [0.3, 0.4) is 0 Å². The summed E-state index contributed by atoms with van der Waals surface area (Å²) >= 11 is 7.55. The van der Waals surface area contributed by atoms with E-state index in [0.717, 1.165) is 0 Å². The smallest absolute Gasteiger partial charge is 0.309 e. The van der Waals surface area contributed by atoms with Gasteiger partial charge in [-0.25, -0.2) is 19.3 Å². The van der Waals surface area contributed by atoms with Crippen LogP contribution in [-0.2, 0) is 28.0 Å². The first-order chi connectivity index (χ1) is 20.3. The van der Waals surface area contributed by atoms with Crippen LogP contribution in [0, 0.1) is 18.2 Å². The molecule has 0 fully saturated rings. The van der Waals surface area contributed by atoms with Gasteiger partial charge in [-0.1, -0.05) is 11.6 Å². The van der Waals surface area contributed by atoms with E-state index in [2.05, 4.69) is 25.3 Å². The minimum absolute atomic E-state index is 0.0324.